The normalized spacial score (nSPS) is 18.5. The fraction of sp³-hybridized carbons (Fsp3) is 0.714. The van der Waals surface area contributed by atoms with Crippen LogP contribution in [0.25, 0.3) is 0 Å². The van der Waals surface area contributed by atoms with Gasteiger partial charge in [-0.15, -0.1) is 0 Å². The van der Waals surface area contributed by atoms with Gasteiger partial charge in [0.05, 0.1) is 6.10 Å². The molecule has 1 fully saturated rings. The Morgan fingerprint density at radius 1 is 1.26 bits per heavy atom. The first kappa shape index (κ1) is 14.1. The molecule has 0 amide bonds. The summed E-state index contributed by atoms with van der Waals surface area (Å²) in [5.41, 5.74) is 1.16. The zero-order chi connectivity index (χ0) is 13.5. The molecule has 2 rings (SSSR count). The third-order valence-corrected chi connectivity index (χ3v) is 3.43. The second kappa shape index (κ2) is 7.28. The first-order valence-corrected chi connectivity index (χ1v) is 7.28. The third-order valence-electron chi connectivity index (χ3n) is 3.43. The van der Waals surface area contributed by atoms with Crippen LogP contribution in [0, 0.1) is 0 Å². The van der Waals surface area contributed by atoms with Gasteiger partial charge in [0.2, 0.25) is 0 Å². The standard InChI is InChI=1S/C14H24N4O/c1-3-12-13(15-4-2)17-10-18-14(12)16-8-7-11-6-5-9-19-11/h10-11H,3-9H2,1-2H3,(H2,15,16,17,18). The molecule has 1 atom stereocenters. The Labute approximate surface area is 115 Å². The van der Waals surface area contributed by atoms with Crippen LogP contribution >= 0.6 is 0 Å². The van der Waals surface area contributed by atoms with Crippen LogP contribution < -0.4 is 10.6 Å². The zero-order valence-electron chi connectivity index (χ0n) is 11.9. The molecule has 0 saturated carbocycles. The first-order chi connectivity index (χ1) is 9.35. The lowest BCUT2D eigenvalue weighted by Gasteiger charge is -2.15. The molecule has 1 aliphatic rings. The van der Waals surface area contributed by atoms with E-state index in [4.69, 9.17) is 4.74 Å². The van der Waals surface area contributed by atoms with Gasteiger partial charge in [0, 0.05) is 25.3 Å². The highest BCUT2D eigenvalue weighted by Crippen LogP contribution is 2.21. The highest BCUT2D eigenvalue weighted by molar-refractivity contribution is 5.57. The van der Waals surface area contributed by atoms with Gasteiger partial charge in [-0.2, -0.15) is 0 Å². The monoisotopic (exact) mass is 264 g/mol. The van der Waals surface area contributed by atoms with Crippen LogP contribution in [0.2, 0.25) is 0 Å². The average Bonchev–Trinajstić information content (AvgIpc) is 2.93. The first-order valence-electron chi connectivity index (χ1n) is 7.28. The van der Waals surface area contributed by atoms with Crippen LogP contribution in [0.5, 0.6) is 0 Å². The van der Waals surface area contributed by atoms with E-state index in [1.54, 1.807) is 6.33 Å². The van der Waals surface area contributed by atoms with Crippen LogP contribution in [0.15, 0.2) is 6.33 Å². The van der Waals surface area contributed by atoms with Crippen LogP contribution in [0.4, 0.5) is 11.6 Å². The maximum absolute atomic E-state index is 5.62. The molecule has 106 valence electrons. The van der Waals surface area contributed by atoms with E-state index in [1.165, 1.54) is 12.8 Å². The summed E-state index contributed by atoms with van der Waals surface area (Å²) in [6.07, 6.45) is 6.39. The molecule has 19 heavy (non-hydrogen) atoms. The predicted molar refractivity (Wildman–Crippen MR) is 77.7 cm³/mol. The lowest BCUT2D eigenvalue weighted by Crippen LogP contribution is -2.15. The number of anilines is 2. The predicted octanol–water partition coefficient (Wildman–Crippen LogP) is 2.45. The van der Waals surface area contributed by atoms with Crippen LogP contribution in [0.3, 0.4) is 0 Å². The molecule has 0 aliphatic carbocycles. The third kappa shape index (κ3) is 3.80. The average molecular weight is 264 g/mol. The van der Waals surface area contributed by atoms with E-state index < -0.39 is 0 Å². The highest BCUT2D eigenvalue weighted by atomic mass is 16.5. The maximum Gasteiger partial charge on any atom is 0.134 e. The molecule has 5 nitrogen and oxygen atoms in total. The molecule has 2 heterocycles. The number of hydrogen-bond acceptors (Lipinski definition) is 5. The van der Waals surface area contributed by atoms with Crippen molar-refractivity contribution < 1.29 is 4.74 Å². The summed E-state index contributed by atoms with van der Waals surface area (Å²) in [5, 5.41) is 6.70. The fourth-order valence-electron chi connectivity index (χ4n) is 2.44. The van der Waals surface area contributed by atoms with Crippen molar-refractivity contribution in [3.8, 4) is 0 Å². The summed E-state index contributed by atoms with van der Waals surface area (Å²) < 4.78 is 5.62. The Kier molecular flexibility index (Phi) is 5.39. The molecular formula is C14H24N4O. The van der Waals surface area contributed by atoms with Crippen molar-refractivity contribution in [2.75, 3.05) is 30.3 Å². The van der Waals surface area contributed by atoms with Crippen molar-refractivity contribution in [3.63, 3.8) is 0 Å². The minimum Gasteiger partial charge on any atom is -0.378 e. The summed E-state index contributed by atoms with van der Waals surface area (Å²) in [4.78, 5) is 8.65. The number of aromatic nitrogens is 2. The molecule has 1 aliphatic heterocycles. The molecule has 1 saturated heterocycles. The number of ether oxygens (including phenoxy) is 1. The largest absolute Gasteiger partial charge is 0.378 e. The Morgan fingerprint density at radius 3 is 2.68 bits per heavy atom. The van der Waals surface area contributed by atoms with Crippen LogP contribution in [-0.4, -0.2) is 35.8 Å². The van der Waals surface area contributed by atoms with Crippen molar-refractivity contribution in [2.24, 2.45) is 0 Å². The highest BCUT2D eigenvalue weighted by Gasteiger charge is 2.15. The minimum absolute atomic E-state index is 0.424. The van der Waals surface area contributed by atoms with Gasteiger partial charge >= 0.3 is 0 Å². The fourth-order valence-corrected chi connectivity index (χ4v) is 2.44. The summed E-state index contributed by atoms with van der Waals surface area (Å²) in [6.45, 7) is 6.90. The lowest BCUT2D eigenvalue weighted by atomic mass is 10.1. The SMILES string of the molecule is CCNc1ncnc(NCCC2CCCO2)c1CC. The molecule has 0 aromatic carbocycles. The van der Waals surface area contributed by atoms with E-state index in [0.717, 1.165) is 49.7 Å². The van der Waals surface area contributed by atoms with Gasteiger partial charge < -0.3 is 15.4 Å². The minimum atomic E-state index is 0.424. The van der Waals surface area contributed by atoms with Gasteiger partial charge in [-0.1, -0.05) is 6.92 Å². The van der Waals surface area contributed by atoms with E-state index in [9.17, 15) is 0 Å². The Hall–Kier alpha value is -1.36. The van der Waals surface area contributed by atoms with E-state index in [1.807, 2.05) is 0 Å². The summed E-state index contributed by atoms with van der Waals surface area (Å²) in [7, 11) is 0. The number of rotatable bonds is 7. The molecule has 0 bridgehead atoms. The Bertz CT molecular complexity index is 391. The molecule has 5 heteroatoms. The van der Waals surface area contributed by atoms with Gasteiger partial charge in [-0.05, 0) is 32.6 Å². The summed E-state index contributed by atoms with van der Waals surface area (Å²) in [6, 6.07) is 0. The van der Waals surface area contributed by atoms with Gasteiger partial charge in [0.25, 0.3) is 0 Å². The Balaban J connectivity index is 1.92. The van der Waals surface area contributed by atoms with E-state index in [-0.39, 0.29) is 0 Å². The van der Waals surface area contributed by atoms with E-state index in [0.29, 0.717) is 6.10 Å². The molecule has 2 N–H and O–H groups in total. The van der Waals surface area contributed by atoms with Crippen molar-refractivity contribution in [3.05, 3.63) is 11.9 Å². The Morgan fingerprint density at radius 2 is 2.05 bits per heavy atom. The van der Waals surface area contributed by atoms with Crippen molar-refractivity contribution >= 4 is 11.6 Å². The molecule has 1 aromatic rings. The van der Waals surface area contributed by atoms with Gasteiger partial charge in [-0.3, -0.25) is 0 Å². The topological polar surface area (TPSA) is 59.1 Å². The number of hydrogen-bond donors (Lipinski definition) is 2. The van der Waals surface area contributed by atoms with Gasteiger partial charge in [-0.25, -0.2) is 9.97 Å². The second-order valence-corrected chi connectivity index (χ2v) is 4.78. The number of nitrogens with zero attached hydrogens (tertiary/aromatic N) is 2. The quantitative estimate of drug-likeness (QED) is 0.792. The molecule has 1 aromatic heterocycles. The van der Waals surface area contributed by atoms with E-state index in [2.05, 4.69) is 34.4 Å². The van der Waals surface area contributed by atoms with Crippen molar-refractivity contribution in [1.29, 1.82) is 0 Å². The number of nitrogens with one attached hydrogen (secondary N) is 2. The lowest BCUT2D eigenvalue weighted by molar-refractivity contribution is 0.107. The van der Waals surface area contributed by atoms with Crippen molar-refractivity contribution in [2.45, 2.75) is 45.6 Å². The molecule has 1 unspecified atom stereocenters. The maximum atomic E-state index is 5.62. The van der Waals surface area contributed by atoms with Crippen molar-refractivity contribution in [1.82, 2.24) is 9.97 Å². The molecule has 0 radical (unpaired) electrons. The van der Waals surface area contributed by atoms with E-state index >= 15 is 0 Å². The summed E-state index contributed by atoms with van der Waals surface area (Å²) in [5.74, 6) is 1.89. The summed E-state index contributed by atoms with van der Waals surface area (Å²) >= 11 is 0. The molecular weight excluding hydrogens is 240 g/mol. The van der Waals surface area contributed by atoms with Crippen LogP contribution in [0.1, 0.15) is 38.7 Å². The second-order valence-electron chi connectivity index (χ2n) is 4.78. The zero-order valence-corrected chi connectivity index (χ0v) is 11.9. The van der Waals surface area contributed by atoms with Gasteiger partial charge in [0.1, 0.15) is 18.0 Å². The smallest absolute Gasteiger partial charge is 0.134 e. The molecule has 0 spiro atoms. The van der Waals surface area contributed by atoms with Crippen LogP contribution in [-0.2, 0) is 11.2 Å². The van der Waals surface area contributed by atoms with Gasteiger partial charge in [0.15, 0.2) is 0 Å².